The van der Waals surface area contributed by atoms with Crippen LogP contribution in [0.1, 0.15) is 38.1 Å². The Morgan fingerprint density at radius 3 is 1.95 bits per heavy atom. The van der Waals surface area contributed by atoms with Crippen LogP contribution in [0, 0.1) is 11.8 Å². The van der Waals surface area contributed by atoms with Gasteiger partial charge < -0.3 is 0 Å². The number of Topliss-reactive ketones (excluding diaryl/α,β-unsaturated/α-hetero) is 1. The first-order chi connectivity index (χ1) is 9.42. The monoisotopic (exact) mass is 293 g/mol. The number of hydrogen-bond acceptors (Lipinski definition) is 3. The average molecular weight is 293 g/mol. The zero-order valence-electron chi connectivity index (χ0n) is 13.3. The first kappa shape index (κ1) is 17.3. The molecule has 0 aliphatic rings. The Kier molecular flexibility index (Phi) is 7.31. The van der Waals surface area contributed by atoms with E-state index in [9.17, 15) is 4.79 Å². The molecule has 0 bridgehead atoms. The van der Waals surface area contributed by atoms with Crippen LogP contribution < -0.4 is 0 Å². The molecule has 112 valence electrons. The van der Waals surface area contributed by atoms with Gasteiger partial charge in [-0.05, 0) is 30.2 Å². The van der Waals surface area contributed by atoms with Crippen molar-refractivity contribution in [2.75, 3.05) is 25.9 Å². The van der Waals surface area contributed by atoms with E-state index in [2.05, 4.69) is 32.6 Å². The fourth-order valence-electron chi connectivity index (χ4n) is 2.31. The molecule has 0 aliphatic heterocycles. The Morgan fingerprint density at radius 1 is 1.05 bits per heavy atom. The predicted molar refractivity (Wildman–Crippen MR) is 88.7 cm³/mol. The first-order valence-electron chi connectivity index (χ1n) is 7.32. The van der Waals surface area contributed by atoms with Gasteiger partial charge in [-0.3, -0.25) is 9.69 Å². The summed E-state index contributed by atoms with van der Waals surface area (Å²) in [5.41, 5.74) is 0.820. The van der Waals surface area contributed by atoms with E-state index in [1.165, 1.54) is 4.90 Å². The summed E-state index contributed by atoms with van der Waals surface area (Å²) in [4.78, 5) is 15.8. The van der Waals surface area contributed by atoms with Gasteiger partial charge in [0, 0.05) is 23.5 Å². The van der Waals surface area contributed by atoms with Gasteiger partial charge in [0.2, 0.25) is 0 Å². The summed E-state index contributed by atoms with van der Waals surface area (Å²) < 4.78 is 0. The van der Waals surface area contributed by atoms with E-state index in [1.807, 2.05) is 30.5 Å². The van der Waals surface area contributed by atoms with Crippen LogP contribution in [0.4, 0.5) is 0 Å². The Labute approximate surface area is 127 Å². The number of benzene rings is 1. The van der Waals surface area contributed by atoms with Gasteiger partial charge in [0.05, 0.1) is 6.54 Å². The van der Waals surface area contributed by atoms with Crippen LogP contribution >= 0.6 is 11.8 Å². The summed E-state index contributed by atoms with van der Waals surface area (Å²) in [5.74, 6) is 1.39. The average Bonchev–Trinajstić information content (AvgIpc) is 2.37. The minimum Gasteiger partial charge on any atom is -0.295 e. The molecule has 1 aromatic rings. The number of thioether (sulfide) groups is 1. The fourth-order valence-corrected chi connectivity index (χ4v) is 2.72. The van der Waals surface area contributed by atoms with E-state index in [0.717, 1.165) is 18.7 Å². The molecule has 20 heavy (non-hydrogen) atoms. The molecule has 0 amide bonds. The van der Waals surface area contributed by atoms with Crippen molar-refractivity contribution < 1.29 is 4.79 Å². The Hall–Kier alpha value is -0.800. The van der Waals surface area contributed by atoms with Crippen LogP contribution in [-0.4, -0.2) is 36.6 Å². The van der Waals surface area contributed by atoms with Crippen LogP contribution in [-0.2, 0) is 0 Å². The van der Waals surface area contributed by atoms with Crippen LogP contribution in [0.15, 0.2) is 29.2 Å². The van der Waals surface area contributed by atoms with E-state index < -0.39 is 0 Å². The number of hydrogen-bond donors (Lipinski definition) is 0. The largest absolute Gasteiger partial charge is 0.295 e. The normalized spacial score (nSPS) is 11.6. The van der Waals surface area contributed by atoms with Gasteiger partial charge in [0.15, 0.2) is 5.78 Å². The highest BCUT2D eigenvalue weighted by atomic mass is 32.2. The topological polar surface area (TPSA) is 20.3 Å². The molecule has 0 atom stereocenters. The molecule has 0 aromatic heterocycles. The van der Waals surface area contributed by atoms with Crippen LogP contribution in [0.25, 0.3) is 0 Å². The van der Waals surface area contributed by atoms with Crippen molar-refractivity contribution in [3.05, 3.63) is 29.8 Å². The highest BCUT2D eigenvalue weighted by Crippen LogP contribution is 2.15. The third kappa shape index (κ3) is 6.10. The zero-order chi connectivity index (χ0) is 15.1. The lowest BCUT2D eigenvalue weighted by molar-refractivity contribution is 0.0912. The van der Waals surface area contributed by atoms with Crippen molar-refractivity contribution in [1.29, 1.82) is 0 Å². The van der Waals surface area contributed by atoms with E-state index in [1.54, 1.807) is 11.8 Å². The Bertz CT molecular complexity index is 402. The number of carbonyl (C=O) groups is 1. The molecule has 0 fully saturated rings. The molecule has 0 N–H and O–H groups in total. The van der Waals surface area contributed by atoms with Gasteiger partial charge >= 0.3 is 0 Å². The second-order valence-electron chi connectivity index (χ2n) is 6.13. The maximum Gasteiger partial charge on any atom is 0.176 e. The minimum absolute atomic E-state index is 0.221. The van der Waals surface area contributed by atoms with Gasteiger partial charge in [-0.1, -0.05) is 39.8 Å². The lowest BCUT2D eigenvalue weighted by Gasteiger charge is -2.25. The highest BCUT2D eigenvalue weighted by molar-refractivity contribution is 7.98. The van der Waals surface area contributed by atoms with Crippen molar-refractivity contribution in [3.8, 4) is 0 Å². The third-order valence-corrected chi connectivity index (χ3v) is 3.77. The molecule has 0 aliphatic carbocycles. The van der Waals surface area contributed by atoms with Gasteiger partial charge in [0.1, 0.15) is 0 Å². The molecular formula is C17H27NOS. The summed E-state index contributed by atoms with van der Waals surface area (Å²) in [6.45, 7) is 11.3. The van der Waals surface area contributed by atoms with Crippen LogP contribution in [0.2, 0.25) is 0 Å². The number of carbonyl (C=O) groups excluding carboxylic acids is 1. The summed E-state index contributed by atoms with van der Waals surface area (Å²) in [7, 11) is 0. The summed E-state index contributed by atoms with van der Waals surface area (Å²) in [6, 6.07) is 7.93. The summed E-state index contributed by atoms with van der Waals surface area (Å²) >= 11 is 1.70. The summed E-state index contributed by atoms with van der Waals surface area (Å²) in [5, 5.41) is 0. The summed E-state index contributed by atoms with van der Waals surface area (Å²) in [6.07, 6.45) is 2.05. The zero-order valence-corrected chi connectivity index (χ0v) is 14.2. The van der Waals surface area contributed by atoms with Gasteiger partial charge in [0.25, 0.3) is 0 Å². The highest BCUT2D eigenvalue weighted by Gasteiger charge is 2.15. The number of ketones is 1. The van der Waals surface area contributed by atoms with Gasteiger partial charge in [-0.15, -0.1) is 11.8 Å². The standard InChI is InChI=1S/C17H27NOS/c1-13(2)10-18(11-14(3)4)12-17(19)15-6-8-16(20-5)9-7-15/h6-9,13-14H,10-12H2,1-5H3. The second kappa shape index (κ2) is 8.48. The van der Waals surface area contributed by atoms with Gasteiger partial charge in [-0.2, -0.15) is 0 Å². The molecule has 0 radical (unpaired) electrons. The molecule has 0 saturated carbocycles. The second-order valence-corrected chi connectivity index (χ2v) is 7.01. The molecule has 2 nitrogen and oxygen atoms in total. The molecule has 0 saturated heterocycles. The molecule has 0 heterocycles. The first-order valence-corrected chi connectivity index (χ1v) is 8.54. The van der Waals surface area contributed by atoms with E-state index in [4.69, 9.17) is 0 Å². The quantitative estimate of drug-likeness (QED) is 0.529. The maximum absolute atomic E-state index is 12.4. The van der Waals surface area contributed by atoms with Crippen LogP contribution in [0.3, 0.4) is 0 Å². The molecule has 3 heteroatoms. The van der Waals surface area contributed by atoms with Crippen molar-refractivity contribution in [2.24, 2.45) is 11.8 Å². The van der Waals surface area contributed by atoms with Crippen molar-refractivity contribution in [2.45, 2.75) is 32.6 Å². The van der Waals surface area contributed by atoms with E-state index in [-0.39, 0.29) is 5.78 Å². The molecule has 1 aromatic carbocycles. The van der Waals surface area contributed by atoms with E-state index in [0.29, 0.717) is 18.4 Å². The van der Waals surface area contributed by atoms with Crippen molar-refractivity contribution in [1.82, 2.24) is 4.90 Å². The number of nitrogens with zero attached hydrogens (tertiary/aromatic N) is 1. The van der Waals surface area contributed by atoms with Crippen molar-refractivity contribution in [3.63, 3.8) is 0 Å². The maximum atomic E-state index is 12.4. The molecular weight excluding hydrogens is 266 g/mol. The predicted octanol–water partition coefficient (Wildman–Crippen LogP) is 4.21. The van der Waals surface area contributed by atoms with Crippen LogP contribution in [0.5, 0.6) is 0 Å². The molecule has 0 unspecified atom stereocenters. The van der Waals surface area contributed by atoms with E-state index >= 15 is 0 Å². The Balaban J connectivity index is 2.68. The SMILES string of the molecule is CSc1ccc(C(=O)CN(CC(C)C)CC(C)C)cc1. The Morgan fingerprint density at radius 2 is 1.55 bits per heavy atom. The lowest BCUT2D eigenvalue weighted by atomic mass is 10.1. The lowest BCUT2D eigenvalue weighted by Crippen LogP contribution is -2.35. The smallest absolute Gasteiger partial charge is 0.176 e. The minimum atomic E-state index is 0.221. The molecule has 1 rings (SSSR count). The fraction of sp³-hybridized carbons (Fsp3) is 0.588. The molecule has 0 spiro atoms. The van der Waals surface area contributed by atoms with Crippen molar-refractivity contribution >= 4 is 17.5 Å². The third-order valence-electron chi connectivity index (χ3n) is 3.03. The number of rotatable bonds is 8. The van der Waals surface area contributed by atoms with Gasteiger partial charge in [-0.25, -0.2) is 0 Å².